The molecule has 0 spiro atoms. The lowest BCUT2D eigenvalue weighted by Crippen LogP contribution is -2.35. The summed E-state index contributed by atoms with van der Waals surface area (Å²) >= 11 is 0. The molecule has 0 saturated carbocycles. The number of benzene rings is 1. The van der Waals surface area contributed by atoms with Crippen molar-refractivity contribution in [3.05, 3.63) is 71.7 Å². The summed E-state index contributed by atoms with van der Waals surface area (Å²) in [5.41, 5.74) is 8.71. The summed E-state index contributed by atoms with van der Waals surface area (Å²) in [6, 6.07) is 15.3. The van der Waals surface area contributed by atoms with Crippen LogP contribution in [-0.4, -0.2) is 39.2 Å². The number of ether oxygens (including phenoxy) is 1. The van der Waals surface area contributed by atoms with Gasteiger partial charge in [0.25, 0.3) is 0 Å². The number of amides is 1. The molecule has 0 aliphatic rings. The van der Waals surface area contributed by atoms with E-state index in [-0.39, 0.29) is 12.5 Å². The zero-order valence-corrected chi connectivity index (χ0v) is 16.2. The molecular formula is C21H25N5O2. The normalized spacial score (nSPS) is 10.6. The Balaban J connectivity index is 1.71. The summed E-state index contributed by atoms with van der Waals surface area (Å²) in [6.07, 6.45) is 2.46. The third-order valence-electron chi connectivity index (χ3n) is 4.48. The van der Waals surface area contributed by atoms with E-state index in [1.807, 2.05) is 49.4 Å². The molecule has 0 atom stereocenters. The van der Waals surface area contributed by atoms with Gasteiger partial charge >= 0.3 is 0 Å². The Labute approximate surface area is 164 Å². The molecule has 1 aromatic carbocycles. The first kappa shape index (κ1) is 19.4. The quantitative estimate of drug-likeness (QED) is 0.650. The highest BCUT2D eigenvalue weighted by Gasteiger charge is 2.17. The summed E-state index contributed by atoms with van der Waals surface area (Å²) in [4.78, 5) is 19.1. The molecule has 2 aromatic heterocycles. The Bertz CT molecular complexity index is 906. The van der Waals surface area contributed by atoms with Gasteiger partial charge in [0.05, 0.1) is 25.0 Å². The van der Waals surface area contributed by atoms with Gasteiger partial charge in [-0.15, -0.1) is 0 Å². The third kappa shape index (κ3) is 5.09. The van der Waals surface area contributed by atoms with Gasteiger partial charge in [-0.05, 0) is 43.2 Å². The third-order valence-corrected chi connectivity index (χ3v) is 4.48. The highest BCUT2D eigenvalue weighted by atomic mass is 16.5. The maximum atomic E-state index is 13.0. The van der Waals surface area contributed by atoms with Gasteiger partial charge in [-0.2, -0.15) is 5.10 Å². The van der Waals surface area contributed by atoms with Crippen LogP contribution in [0.1, 0.15) is 17.0 Å². The lowest BCUT2D eigenvalue weighted by molar-refractivity contribution is -0.132. The number of nitrogen functional groups attached to an aromatic ring is 1. The van der Waals surface area contributed by atoms with Crippen LogP contribution in [0.15, 0.2) is 54.7 Å². The lowest BCUT2D eigenvalue weighted by atomic mass is 10.1. The second-order valence-electron chi connectivity index (χ2n) is 6.60. The molecule has 0 fully saturated rings. The number of hydrogen-bond acceptors (Lipinski definition) is 5. The fraction of sp³-hybridized carbons (Fsp3) is 0.286. The molecule has 0 radical (unpaired) electrons. The van der Waals surface area contributed by atoms with Gasteiger partial charge in [-0.1, -0.05) is 18.2 Å². The van der Waals surface area contributed by atoms with Crippen LogP contribution in [0, 0.1) is 6.92 Å². The first-order chi connectivity index (χ1) is 13.5. The van der Waals surface area contributed by atoms with Crippen molar-refractivity contribution in [1.29, 1.82) is 0 Å². The van der Waals surface area contributed by atoms with Crippen LogP contribution in [0.25, 0.3) is 0 Å². The average molecular weight is 379 g/mol. The molecule has 0 unspecified atom stereocenters. The summed E-state index contributed by atoms with van der Waals surface area (Å²) in [5, 5.41) is 4.29. The SMILES string of the molecule is COc1ccc(CCN(Cc2ccccn2)C(=O)Cn2nc(C)cc2N)cc1. The van der Waals surface area contributed by atoms with E-state index in [2.05, 4.69) is 10.1 Å². The van der Waals surface area contributed by atoms with Crippen LogP contribution in [0.4, 0.5) is 5.82 Å². The molecule has 0 aliphatic heterocycles. The fourth-order valence-electron chi connectivity index (χ4n) is 2.96. The van der Waals surface area contributed by atoms with Gasteiger partial charge in [0.2, 0.25) is 5.91 Å². The van der Waals surface area contributed by atoms with Crippen molar-refractivity contribution in [3.63, 3.8) is 0 Å². The molecule has 146 valence electrons. The maximum Gasteiger partial charge on any atom is 0.244 e. The number of aryl methyl sites for hydroxylation is 1. The number of methoxy groups -OCH3 is 1. The van der Waals surface area contributed by atoms with Crippen molar-refractivity contribution >= 4 is 11.7 Å². The van der Waals surface area contributed by atoms with Crippen LogP contribution in [0.2, 0.25) is 0 Å². The number of hydrogen-bond donors (Lipinski definition) is 1. The second kappa shape index (κ2) is 9.03. The molecule has 3 aromatic rings. The number of nitrogens with two attached hydrogens (primary N) is 1. The molecule has 0 bridgehead atoms. The van der Waals surface area contributed by atoms with E-state index < -0.39 is 0 Å². The Morgan fingerprint density at radius 1 is 1.21 bits per heavy atom. The second-order valence-corrected chi connectivity index (χ2v) is 6.60. The molecular weight excluding hydrogens is 354 g/mol. The topological polar surface area (TPSA) is 86.3 Å². The van der Waals surface area contributed by atoms with E-state index in [0.29, 0.717) is 18.9 Å². The van der Waals surface area contributed by atoms with Gasteiger partial charge < -0.3 is 15.4 Å². The van der Waals surface area contributed by atoms with E-state index in [1.165, 1.54) is 4.68 Å². The van der Waals surface area contributed by atoms with Crippen LogP contribution >= 0.6 is 0 Å². The van der Waals surface area contributed by atoms with Crippen LogP contribution < -0.4 is 10.5 Å². The van der Waals surface area contributed by atoms with E-state index in [1.54, 1.807) is 24.3 Å². The number of pyridine rings is 1. The molecule has 2 heterocycles. The predicted octanol–water partition coefficient (Wildman–Crippen LogP) is 2.45. The minimum Gasteiger partial charge on any atom is -0.497 e. The first-order valence-corrected chi connectivity index (χ1v) is 9.15. The van der Waals surface area contributed by atoms with E-state index >= 15 is 0 Å². The Morgan fingerprint density at radius 3 is 2.61 bits per heavy atom. The van der Waals surface area contributed by atoms with Gasteiger partial charge in [0, 0.05) is 18.8 Å². The van der Waals surface area contributed by atoms with E-state index in [4.69, 9.17) is 10.5 Å². The van der Waals surface area contributed by atoms with Gasteiger partial charge in [0.1, 0.15) is 18.1 Å². The Hall–Kier alpha value is -3.35. The zero-order chi connectivity index (χ0) is 19.9. The van der Waals surface area contributed by atoms with E-state index in [9.17, 15) is 4.79 Å². The summed E-state index contributed by atoms with van der Waals surface area (Å²) in [6.45, 7) is 2.97. The lowest BCUT2D eigenvalue weighted by Gasteiger charge is -2.23. The first-order valence-electron chi connectivity index (χ1n) is 9.15. The molecule has 1 amide bonds. The van der Waals surface area contributed by atoms with Crippen molar-refractivity contribution in [1.82, 2.24) is 19.7 Å². The standard InChI is InChI=1S/C21H25N5O2/c1-16-13-20(22)26(24-16)15-21(27)25(14-18-5-3-4-11-23-18)12-10-17-6-8-19(28-2)9-7-17/h3-9,11,13H,10,12,14-15,22H2,1-2H3. The summed E-state index contributed by atoms with van der Waals surface area (Å²) in [5.74, 6) is 1.25. The smallest absolute Gasteiger partial charge is 0.244 e. The summed E-state index contributed by atoms with van der Waals surface area (Å²) in [7, 11) is 1.64. The van der Waals surface area contributed by atoms with Crippen LogP contribution in [-0.2, 0) is 24.3 Å². The molecule has 3 rings (SSSR count). The molecule has 0 saturated heterocycles. The number of carbonyl (C=O) groups is 1. The van der Waals surface area contributed by atoms with E-state index in [0.717, 1.165) is 29.1 Å². The van der Waals surface area contributed by atoms with Gasteiger partial charge in [-0.3, -0.25) is 9.78 Å². The fourth-order valence-corrected chi connectivity index (χ4v) is 2.96. The van der Waals surface area contributed by atoms with Crippen molar-refractivity contribution in [2.24, 2.45) is 0 Å². The summed E-state index contributed by atoms with van der Waals surface area (Å²) < 4.78 is 6.74. The number of aromatic nitrogens is 3. The van der Waals surface area contributed by atoms with Crippen molar-refractivity contribution < 1.29 is 9.53 Å². The number of anilines is 1. The number of carbonyl (C=O) groups excluding carboxylic acids is 1. The van der Waals surface area contributed by atoms with Gasteiger partial charge in [0.15, 0.2) is 0 Å². The van der Waals surface area contributed by atoms with Gasteiger partial charge in [-0.25, -0.2) is 4.68 Å². The minimum absolute atomic E-state index is 0.0473. The Morgan fingerprint density at radius 2 is 2.00 bits per heavy atom. The minimum atomic E-state index is -0.0473. The van der Waals surface area contributed by atoms with Crippen molar-refractivity contribution in [2.75, 3.05) is 19.4 Å². The zero-order valence-electron chi connectivity index (χ0n) is 16.2. The highest BCUT2D eigenvalue weighted by Crippen LogP contribution is 2.13. The number of nitrogens with zero attached hydrogens (tertiary/aromatic N) is 4. The monoisotopic (exact) mass is 379 g/mol. The van der Waals surface area contributed by atoms with Crippen LogP contribution in [0.5, 0.6) is 5.75 Å². The molecule has 0 aliphatic carbocycles. The largest absolute Gasteiger partial charge is 0.497 e. The van der Waals surface area contributed by atoms with Crippen molar-refractivity contribution in [3.8, 4) is 5.75 Å². The highest BCUT2D eigenvalue weighted by molar-refractivity contribution is 5.76. The molecule has 28 heavy (non-hydrogen) atoms. The average Bonchev–Trinajstić information content (AvgIpc) is 3.03. The predicted molar refractivity (Wildman–Crippen MR) is 108 cm³/mol. The Kier molecular flexibility index (Phi) is 6.26. The van der Waals surface area contributed by atoms with Crippen LogP contribution in [0.3, 0.4) is 0 Å². The maximum absolute atomic E-state index is 13.0. The van der Waals surface area contributed by atoms with Crippen molar-refractivity contribution in [2.45, 2.75) is 26.4 Å². The number of rotatable bonds is 8. The molecule has 7 nitrogen and oxygen atoms in total. The molecule has 2 N–H and O–H groups in total. The molecule has 7 heteroatoms.